The first-order valence-corrected chi connectivity index (χ1v) is 6.81. The lowest BCUT2D eigenvalue weighted by atomic mass is 10.1. The van der Waals surface area contributed by atoms with Crippen molar-refractivity contribution in [1.29, 1.82) is 5.26 Å². The molecule has 1 N–H and O–H groups in total. The maximum Gasteiger partial charge on any atom is 0.251 e. The zero-order valence-corrected chi connectivity index (χ0v) is 11.5. The molecule has 0 aliphatic heterocycles. The van der Waals surface area contributed by atoms with E-state index in [9.17, 15) is 9.59 Å². The van der Waals surface area contributed by atoms with E-state index >= 15 is 0 Å². The molecule has 0 amide bonds. The number of benzene rings is 1. The number of thioether (sulfide) groups is 1. The summed E-state index contributed by atoms with van der Waals surface area (Å²) in [5, 5.41) is 9.12. The summed E-state index contributed by atoms with van der Waals surface area (Å²) < 4.78 is 0. The molecule has 1 heterocycles. The van der Waals surface area contributed by atoms with Crippen LogP contribution in [0.3, 0.4) is 0 Å². The standard InChI is InChI=1S/C14H11N3O2S/c1-9-6-13(19)17-14(16-9)20-8-12(18)11-4-2-10(7-15)3-5-11/h2-6H,8H2,1H3,(H,16,17,19). The SMILES string of the molecule is Cc1cc(=O)[nH]c(SCC(=O)c2ccc(C#N)cc2)n1. The number of hydrogen-bond donors (Lipinski definition) is 1. The van der Waals surface area contributed by atoms with E-state index in [1.165, 1.54) is 17.8 Å². The minimum atomic E-state index is -0.231. The Balaban J connectivity index is 2.04. The third-order valence-corrected chi connectivity index (χ3v) is 3.40. The molecule has 0 radical (unpaired) electrons. The van der Waals surface area contributed by atoms with Gasteiger partial charge < -0.3 is 4.98 Å². The van der Waals surface area contributed by atoms with Crippen LogP contribution in [-0.4, -0.2) is 21.5 Å². The second kappa shape index (κ2) is 6.17. The Morgan fingerprint density at radius 2 is 2.10 bits per heavy atom. The van der Waals surface area contributed by atoms with Crippen LogP contribution < -0.4 is 5.56 Å². The van der Waals surface area contributed by atoms with E-state index in [-0.39, 0.29) is 17.1 Å². The quantitative estimate of drug-likeness (QED) is 0.527. The Morgan fingerprint density at radius 1 is 1.40 bits per heavy atom. The highest BCUT2D eigenvalue weighted by molar-refractivity contribution is 7.99. The fraction of sp³-hybridized carbons (Fsp3) is 0.143. The summed E-state index contributed by atoms with van der Waals surface area (Å²) in [7, 11) is 0. The smallest absolute Gasteiger partial charge is 0.251 e. The highest BCUT2D eigenvalue weighted by atomic mass is 32.2. The molecule has 1 aromatic heterocycles. The largest absolute Gasteiger partial charge is 0.301 e. The molecule has 5 nitrogen and oxygen atoms in total. The third kappa shape index (κ3) is 3.56. The highest BCUT2D eigenvalue weighted by Crippen LogP contribution is 2.14. The van der Waals surface area contributed by atoms with Crippen LogP contribution >= 0.6 is 11.8 Å². The summed E-state index contributed by atoms with van der Waals surface area (Å²) in [5.41, 5.74) is 1.43. The molecule has 0 unspecified atom stereocenters. The van der Waals surface area contributed by atoms with Gasteiger partial charge in [-0.05, 0) is 19.1 Å². The van der Waals surface area contributed by atoms with Crippen molar-refractivity contribution in [2.75, 3.05) is 5.75 Å². The first kappa shape index (κ1) is 14.0. The lowest BCUT2D eigenvalue weighted by molar-refractivity contribution is 0.102. The van der Waals surface area contributed by atoms with E-state index in [0.717, 1.165) is 0 Å². The summed E-state index contributed by atoms with van der Waals surface area (Å²) in [6.45, 7) is 1.72. The Morgan fingerprint density at radius 3 is 2.70 bits per heavy atom. The van der Waals surface area contributed by atoms with Crippen molar-refractivity contribution in [2.24, 2.45) is 0 Å². The van der Waals surface area contributed by atoms with E-state index < -0.39 is 0 Å². The molecule has 0 aliphatic rings. The van der Waals surface area contributed by atoms with Crippen LogP contribution in [0, 0.1) is 18.3 Å². The summed E-state index contributed by atoms with van der Waals surface area (Å²) >= 11 is 1.18. The minimum Gasteiger partial charge on any atom is -0.301 e. The maximum absolute atomic E-state index is 12.0. The Kier molecular flexibility index (Phi) is 4.33. The molecule has 100 valence electrons. The van der Waals surface area contributed by atoms with Crippen molar-refractivity contribution in [3.05, 3.63) is 57.5 Å². The predicted octanol–water partition coefficient (Wildman–Crippen LogP) is 1.92. The number of nitriles is 1. The molecular formula is C14H11N3O2S. The topological polar surface area (TPSA) is 86.6 Å². The second-order valence-corrected chi connectivity index (χ2v) is 5.06. The average Bonchev–Trinajstić information content (AvgIpc) is 2.44. The van der Waals surface area contributed by atoms with Gasteiger partial charge in [0.15, 0.2) is 10.9 Å². The van der Waals surface area contributed by atoms with Crippen LogP contribution in [0.4, 0.5) is 0 Å². The normalized spacial score (nSPS) is 10.0. The third-order valence-electron chi connectivity index (χ3n) is 2.52. The van der Waals surface area contributed by atoms with Crippen LogP contribution in [0.15, 0.2) is 40.3 Å². The van der Waals surface area contributed by atoms with Crippen molar-refractivity contribution >= 4 is 17.5 Å². The molecule has 0 saturated heterocycles. The van der Waals surface area contributed by atoms with Crippen LogP contribution in [0.5, 0.6) is 0 Å². The number of carbonyl (C=O) groups excluding carboxylic acids is 1. The van der Waals surface area contributed by atoms with Gasteiger partial charge >= 0.3 is 0 Å². The van der Waals surface area contributed by atoms with Gasteiger partial charge in [0.1, 0.15) is 0 Å². The van der Waals surface area contributed by atoms with Gasteiger partial charge in [-0.3, -0.25) is 9.59 Å². The Bertz CT molecular complexity index is 729. The number of ketones is 1. The van der Waals surface area contributed by atoms with Crippen LogP contribution in [0.25, 0.3) is 0 Å². The van der Waals surface area contributed by atoms with Gasteiger partial charge in [0, 0.05) is 17.3 Å². The van der Waals surface area contributed by atoms with Gasteiger partial charge in [0.05, 0.1) is 17.4 Å². The zero-order chi connectivity index (χ0) is 14.5. The monoisotopic (exact) mass is 285 g/mol. The maximum atomic E-state index is 12.0. The molecule has 6 heteroatoms. The van der Waals surface area contributed by atoms with Gasteiger partial charge in [-0.1, -0.05) is 23.9 Å². The van der Waals surface area contributed by atoms with Crippen LogP contribution in [0.1, 0.15) is 21.6 Å². The summed E-state index contributed by atoms with van der Waals surface area (Å²) in [4.78, 5) is 29.9. The number of rotatable bonds is 4. The molecule has 0 bridgehead atoms. The number of Topliss-reactive ketones (excluding diaryl/α,β-unsaturated/α-hetero) is 1. The number of aryl methyl sites for hydroxylation is 1. The summed E-state index contributed by atoms with van der Waals surface area (Å²) in [6, 6.07) is 9.83. The summed E-state index contributed by atoms with van der Waals surface area (Å²) in [6.07, 6.45) is 0. The fourth-order valence-electron chi connectivity index (χ4n) is 1.57. The number of H-pyrrole nitrogens is 1. The van der Waals surface area contributed by atoms with Gasteiger partial charge in [0.25, 0.3) is 5.56 Å². The molecule has 0 atom stereocenters. The second-order valence-electron chi connectivity index (χ2n) is 4.09. The first-order chi connectivity index (χ1) is 9.58. The van der Waals surface area contributed by atoms with E-state index in [1.54, 1.807) is 31.2 Å². The summed E-state index contributed by atoms with van der Waals surface area (Å²) in [5.74, 6) is 0.0989. The molecular weight excluding hydrogens is 274 g/mol. The molecule has 2 rings (SSSR count). The highest BCUT2D eigenvalue weighted by Gasteiger charge is 2.08. The Hall–Kier alpha value is -2.39. The van der Waals surface area contributed by atoms with Crippen molar-refractivity contribution < 1.29 is 4.79 Å². The minimum absolute atomic E-state index is 0.0800. The molecule has 0 spiro atoms. The van der Waals surface area contributed by atoms with Crippen LogP contribution in [-0.2, 0) is 0 Å². The lowest BCUT2D eigenvalue weighted by Crippen LogP contribution is -2.10. The van der Waals surface area contributed by atoms with Gasteiger partial charge in [-0.2, -0.15) is 5.26 Å². The van der Waals surface area contributed by atoms with Crippen LogP contribution in [0.2, 0.25) is 0 Å². The molecule has 2 aromatic rings. The molecule has 1 aromatic carbocycles. The van der Waals surface area contributed by atoms with Gasteiger partial charge in [-0.15, -0.1) is 0 Å². The lowest BCUT2D eigenvalue weighted by Gasteiger charge is -2.02. The van der Waals surface area contributed by atoms with Gasteiger partial charge in [0.2, 0.25) is 0 Å². The molecule has 20 heavy (non-hydrogen) atoms. The number of aromatic nitrogens is 2. The van der Waals surface area contributed by atoms with Crippen molar-refractivity contribution in [3.63, 3.8) is 0 Å². The Labute approximate surface area is 119 Å². The molecule has 0 aliphatic carbocycles. The van der Waals surface area contributed by atoms with Gasteiger partial charge in [-0.25, -0.2) is 4.98 Å². The van der Waals surface area contributed by atoms with E-state index in [1.807, 2.05) is 6.07 Å². The fourth-order valence-corrected chi connectivity index (χ4v) is 2.38. The number of nitrogens with one attached hydrogen (secondary N) is 1. The number of nitrogens with zero attached hydrogens (tertiary/aromatic N) is 2. The number of hydrogen-bond acceptors (Lipinski definition) is 5. The van der Waals surface area contributed by atoms with Crippen molar-refractivity contribution in [2.45, 2.75) is 12.1 Å². The average molecular weight is 285 g/mol. The van der Waals surface area contributed by atoms with E-state index in [4.69, 9.17) is 5.26 Å². The van der Waals surface area contributed by atoms with Crippen molar-refractivity contribution in [1.82, 2.24) is 9.97 Å². The first-order valence-electron chi connectivity index (χ1n) is 5.82. The van der Waals surface area contributed by atoms with E-state index in [0.29, 0.717) is 22.0 Å². The van der Waals surface area contributed by atoms with Crippen molar-refractivity contribution in [3.8, 4) is 6.07 Å². The van der Waals surface area contributed by atoms with E-state index in [2.05, 4.69) is 9.97 Å². The number of aromatic amines is 1. The zero-order valence-electron chi connectivity index (χ0n) is 10.7. The molecule has 0 saturated carbocycles. The number of carbonyl (C=O) groups is 1. The molecule has 0 fully saturated rings. The predicted molar refractivity (Wildman–Crippen MR) is 75.8 cm³/mol.